The van der Waals surface area contributed by atoms with Crippen LogP contribution in [0.15, 0.2) is 18.5 Å². The fourth-order valence-corrected chi connectivity index (χ4v) is 1.59. The second-order valence-electron chi connectivity index (χ2n) is 3.36. The summed E-state index contributed by atoms with van der Waals surface area (Å²) in [6, 6.07) is 1.88. The van der Waals surface area contributed by atoms with Crippen molar-refractivity contribution in [2.24, 2.45) is 0 Å². The maximum Gasteiger partial charge on any atom is 0.0731 e. The first kappa shape index (κ1) is 8.31. The second kappa shape index (κ2) is 3.22. The number of nitrogens with two attached hydrogens (primary N) is 1. The highest BCUT2D eigenvalue weighted by Crippen LogP contribution is 2.20. The molecule has 2 heterocycles. The van der Waals surface area contributed by atoms with Gasteiger partial charge in [-0.1, -0.05) is 0 Å². The van der Waals surface area contributed by atoms with Crippen LogP contribution in [-0.2, 0) is 0 Å². The van der Waals surface area contributed by atoms with E-state index >= 15 is 0 Å². The molecule has 1 fully saturated rings. The van der Waals surface area contributed by atoms with Gasteiger partial charge in [-0.05, 0) is 12.5 Å². The molecule has 1 aliphatic rings. The molecule has 0 radical (unpaired) electrons. The molecule has 1 unspecified atom stereocenters. The van der Waals surface area contributed by atoms with Gasteiger partial charge in [0.15, 0.2) is 0 Å². The monoisotopic (exact) mass is 179 g/mol. The van der Waals surface area contributed by atoms with Crippen LogP contribution in [0, 0.1) is 0 Å². The number of hydrogen-bond acceptors (Lipinski definition) is 4. The Kier molecular flexibility index (Phi) is 2.06. The molecule has 2 rings (SSSR count). The average molecular weight is 179 g/mol. The van der Waals surface area contributed by atoms with Gasteiger partial charge in [0, 0.05) is 19.3 Å². The molecule has 1 saturated heterocycles. The third-order valence-electron chi connectivity index (χ3n) is 2.27. The van der Waals surface area contributed by atoms with Crippen LogP contribution in [0.3, 0.4) is 0 Å². The third-order valence-corrected chi connectivity index (χ3v) is 2.27. The van der Waals surface area contributed by atoms with Crippen LogP contribution >= 0.6 is 0 Å². The first-order chi connectivity index (χ1) is 6.25. The highest BCUT2D eigenvalue weighted by molar-refractivity contribution is 5.53. The van der Waals surface area contributed by atoms with Crippen LogP contribution in [0.25, 0.3) is 0 Å². The van der Waals surface area contributed by atoms with E-state index in [1.807, 2.05) is 6.07 Å². The number of aliphatic hydroxyl groups is 1. The predicted molar refractivity (Wildman–Crippen MR) is 51.5 cm³/mol. The Labute approximate surface area is 77.0 Å². The summed E-state index contributed by atoms with van der Waals surface area (Å²) in [5.41, 5.74) is 7.27. The van der Waals surface area contributed by atoms with Crippen molar-refractivity contribution in [3.63, 3.8) is 0 Å². The SMILES string of the molecule is Nc1cncc(N2CCC(O)C2)c1. The third kappa shape index (κ3) is 1.72. The lowest BCUT2D eigenvalue weighted by Crippen LogP contribution is -2.21. The van der Waals surface area contributed by atoms with Gasteiger partial charge in [-0.3, -0.25) is 4.98 Å². The summed E-state index contributed by atoms with van der Waals surface area (Å²) in [5.74, 6) is 0. The fraction of sp³-hybridized carbons (Fsp3) is 0.444. The van der Waals surface area contributed by atoms with E-state index in [1.54, 1.807) is 12.4 Å². The van der Waals surface area contributed by atoms with Crippen LogP contribution in [0.4, 0.5) is 11.4 Å². The number of nitrogens with zero attached hydrogens (tertiary/aromatic N) is 2. The van der Waals surface area contributed by atoms with Crippen molar-refractivity contribution in [3.05, 3.63) is 18.5 Å². The molecule has 0 saturated carbocycles. The molecule has 0 amide bonds. The Morgan fingerprint density at radius 1 is 1.54 bits per heavy atom. The lowest BCUT2D eigenvalue weighted by atomic mass is 10.3. The maximum atomic E-state index is 9.34. The van der Waals surface area contributed by atoms with E-state index in [0.29, 0.717) is 12.2 Å². The quantitative estimate of drug-likeness (QED) is 0.648. The normalized spacial score (nSPS) is 22.2. The molecule has 0 aromatic carbocycles. The van der Waals surface area contributed by atoms with Crippen molar-refractivity contribution >= 4 is 11.4 Å². The summed E-state index contributed by atoms with van der Waals surface area (Å²) in [5, 5.41) is 9.34. The lowest BCUT2D eigenvalue weighted by molar-refractivity contribution is 0.198. The van der Waals surface area contributed by atoms with Crippen LogP contribution in [0.2, 0.25) is 0 Å². The number of hydrogen-bond donors (Lipinski definition) is 2. The number of β-amino-alcohol motifs (C(OH)–C–C–N with tert-alkyl or cyclic N) is 1. The first-order valence-electron chi connectivity index (χ1n) is 4.39. The first-order valence-corrected chi connectivity index (χ1v) is 4.39. The summed E-state index contributed by atoms with van der Waals surface area (Å²) in [6.07, 6.45) is 4.01. The number of anilines is 2. The van der Waals surface area contributed by atoms with Crippen molar-refractivity contribution in [2.75, 3.05) is 23.7 Å². The maximum absolute atomic E-state index is 9.34. The Morgan fingerprint density at radius 3 is 3.00 bits per heavy atom. The minimum atomic E-state index is -0.207. The molecule has 4 nitrogen and oxygen atoms in total. The summed E-state index contributed by atoms with van der Waals surface area (Å²) in [7, 11) is 0. The van der Waals surface area contributed by atoms with Gasteiger partial charge in [-0.15, -0.1) is 0 Å². The van der Waals surface area contributed by atoms with Gasteiger partial charge in [-0.2, -0.15) is 0 Å². The van der Waals surface area contributed by atoms with Crippen LogP contribution in [0.1, 0.15) is 6.42 Å². The molecule has 1 aliphatic heterocycles. The Bertz CT molecular complexity index is 303. The summed E-state index contributed by atoms with van der Waals surface area (Å²) in [6.45, 7) is 1.57. The van der Waals surface area contributed by atoms with Crippen LogP contribution < -0.4 is 10.6 Å². The average Bonchev–Trinajstić information content (AvgIpc) is 2.52. The zero-order valence-corrected chi connectivity index (χ0v) is 7.35. The molecular weight excluding hydrogens is 166 g/mol. The van der Waals surface area contributed by atoms with E-state index in [9.17, 15) is 5.11 Å². The fourth-order valence-electron chi connectivity index (χ4n) is 1.59. The zero-order valence-electron chi connectivity index (χ0n) is 7.35. The summed E-state index contributed by atoms with van der Waals surface area (Å²) >= 11 is 0. The van der Waals surface area contributed by atoms with E-state index in [4.69, 9.17) is 5.73 Å². The van der Waals surface area contributed by atoms with Crippen molar-refractivity contribution in [1.29, 1.82) is 0 Å². The molecule has 1 aromatic heterocycles. The number of aromatic nitrogens is 1. The summed E-state index contributed by atoms with van der Waals surface area (Å²) in [4.78, 5) is 6.10. The number of rotatable bonds is 1. The molecule has 70 valence electrons. The van der Waals surface area contributed by atoms with Crippen LogP contribution in [-0.4, -0.2) is 29.3 Å². The molecule has 1 atom stereocenters. The molecule has 3 N–H and O–H groups in total. The Morgan fingerprint density at radius 2 is 2.38 bits per heavy atom. The highest BCUT2D eigenvalue weighted by Gasteiger charge is 2.20. The number of pyridine rings is 1. The van der Waals surface area contributed by atoms with E-state index in [2.05, 4.69) is 9.88 Å². The Hall–Kier alpha value is -1.29. The molecule has 1 aromatic rings. The van der Waals surface area contributed by atoms with Crippen molar-refractivity contribution < 1.29 is 5.11 Å². The van der Waals surface area contributed by atoms with E-state index in [0.717, 1.165) is 18.7 Å². The van der Waals surface area contributed by atoms with E-state index in [-0.39, 0.29) is 6.10 Å². The van der Waals surface area contributed by atoms with Gasteiger partial charge >= 0.3 is 0 Å². The minimum absolute atomic E-state index is 0.207. The largest absolute Gasteiger partial charge is 0.397 e. The molecule has 0 aliphatic carbocycles. The standard InChI is InChI=1S/C9H13N3O/c10-7-3-8(5-11-4-7)12-2-1-9(13)6-12/h3-5,9,13H,1-2,6,10H2. The van der Waals surface area contributed by atoms with Crippen molar-refractivity contribution in [2.45, 2.75) is 12.5 Å². The molecule has 0 spiro atoms. The zero-order chi connectivity index (χ0) is 9.26. The minimum Gasteiger partial charge on any atom is -0.397 e. The lowest BCUT2D eigenvalue weighted by Gasteiger charge is -2.17. The Balaban J connectivity index is 2.16. The summed E-state index contributed by atoms with van der Waals surface area (Å²) < 4.78 is 0. The molecule has 4 heteroatoms. The van der Waals surface area contributed by atoms with Crippen molar-refractivity contribution in [3.8, 4) is 0 Å². The van der Waals surface area contributed by atoms with Gasteiger partial charge in [0.05, 0.1) is 23.7 Å². The highest BCUT2D eigenvalue weighted by atomic mass is 16.3. The topological polar surface area (TPSA) is 62.4 Å². The van der Waals surface area contributed by atoms with E-state index < -0.39 is 0 Å². The molecule has 0 bridgehead atoms. The van der Waals surface area contributed by atoms with Crippen LogP contribution in [0.5, 0.6) is 0 Å². The van der Waals surface area contributed by atoms with Gasteiger partial charge < -0.3 is 15.7 Å². The van der Waals surface area contributed by atoms with Gasteiger partial charge in [0.25, 0.3) is 0 Å². The number of nitrogen functional groups attached to an aromatic ring is 1. The van der Waals surface area contributed by atoms with Gasteiger partial charge in [0.2, 0.25) is 0 Å². The number of aliphatic hydroxyl groups excluding tert-OH is 1. The van der Waals surface area contributed by atoms with E-state index in [1.165, 1.54) is 0 Å². The van der Waals surface area contributed by atoms with Gasteiger partial charge in [0.1, 0.15) is 0 Å². The van der Waals surface area contributed by atoms with Crippen molar-refractivity contribution in [1.82, 2.24) is 4.98 Å². The molecular formula is C9H13N3O. The van der Waals surface area contributed by atoms with Gasteiger partial charge in [-0.25, -0.2) is 0 Å². The smallest absolute Gasteiger partial charge is 0.0731 e. The molecule has 13 heavy (non-hydrogen) atoms. The second-order valence-corrected chi connectivity index (χ2v) is 3.36. The predicted octanol–water partition coefficient (Wildman–Crippen LogP) is 0.235.